The van der Waals surface area contributed by atoms with Crippen molar-refractivity contribution in [1.82, 2.24) is 10.2 Å². The van der Waals surface area contributed by atoms with Crippen molar-refractivity contribution in [2.75, 3.05) is 13.6 Å². The molecule has 0 spiro atoms. The molecule has 0 aliphatic heterocycles. The number of furan rings is 1. The first-order chi connectivity index (χ1) is 7.74. The summed E-state index contributed by atoms with van der Waals surface area (Å²) in [5.74, 6) is 2.18. The van der Waals surface area contributed by atoms with Crippen molar-refractivity contribution in [1.29, 1.82) is 0 Å². The van der Waals surface area contributed by atoms with Gasteiger partial charge in [0.2, 0.25) is 0 Å². The highest BCUT2D eigenvalue weighted by Crippen LogP contribution is 2.28. The highest BCUT2D eigenvalue weighted by molar-refractivity contribution is 5.20. The molecule has 3 nitrogen and oxygen atoms in total. The molecule has 1 aromatic heterocycles. The zero-order valence-corrected chi connectivity index (χ0v) is 10.5. The molecule has 0 amide bonds. The molecule has 2 rings (SSSR count). The van der Waals surface area contributed by atoms with Crippen LogP contribution in [0.4, 0.5) is 0 Å². The Morgan fingerprint density at radius 1 is 1.50 bits per heavy atom. The predicted molar refractivity (Wildman–Crippen MR) is 65.3 cm³/mol. The highest BCUT2D eigenvalue weighted by atomic mass is 16.3. The van der Waals surface area contributed by atoms with Crippen LogP contribution >= 0.6 is 0 Å². The molecule has 0 aromatic carbocycles. The average Bonchev–Trinajstić information content (AvgIpc) is 3.04. The third-order valence-electron chi connectivity index (χ3n) is 3.24. The SMILES string of the molecule is CCN(Cc1cc(C)c(CNC)o1)C1CC1. The Morgan fingerprint density at radius 2 is 2.25 bits per heavy atom. The van der Waals surface area contributed by atoms with Crippen LogP contribution in [0.25, 0.3) is 0 Å². The van der Waals surface area contributed by atoms with Crippen molar-refractivity contribution in [2.24, 2.45) is 0 Å². The van der Waals surface area contributed by atoms with Crippen LogP contribution in [0.5, 0.6) is 0 Å². The Bertz CT molecular complexity index is 342. The van der Waals surface area contributed by atoms with Crippen molar-refractivity contribution >= 4 is 0 Å². The van der Waals surface area contributed by atoms with Gasteiger partial charge in [0.15, 0.2) is 0 Å². The van der Waals surface area contributed by atoms with E-state index in [2.05, 4.69) is 30.1 Å². The Labute approximate surface area is 97.8 Å². The van der Waals surface area contributed by atoms with Crippen LogP contribution in [0.3, 0.4) is 0 Å². The van der Waals surface area contributed by atoms with E-state index in [0.717, 1.165) is 37.2 Å². The van der Waals surface area contributed by atoms with Gasteiger partial charge < -0.3 is 9.73 Å². The van der Waals surface area contributed by atoms with E-state index >= 15 is 0 Å². The van der Waals surface area contributed by atoms with Gasteiger partial charge in [-0.3, -0.25) is 4.90 Å². The Morgan fingerprint density at radius 3 is 2.81 bits per heavy atom. The lowest BCUT2D eigenvalue weighted by Crippen LogP contribution is -2.24. The van der Waals surface area contributed by atoms with Crippen molar-refractivity contribution < 1.29 is 4.42 Å². The summed E-state index contributed by atoms with van der Waals surface area (Å²) in [7, 11) is 1.95. The van der Waals surface area contributed by atoms with Crippen molar-refractivity contribution in [3.63, 3.8) is 0 Å². The topological polar surface area (TPSA) is 28.4 Å². The third-order valence-corrected chi connectivity index (χ3v) is 3.24. The third kappa shape index (κ3) is 2.66. The van der Waals surface area contributed by atoms with Gasteiger partial charge in [0.1, 0.15) is 11.5 Å². The molecule has 1 N–H and O–H groups in total. The van der Waals surface area contributed by atoms with Crippen LogP contribution in [-0.4, -0.2) is 24.5 Å². The van der Waals surface area contributed by atoms with Gasteiger partial charge >= 0.3 is 0 Å². The molecule has 0 radical (unpaired) electrons. The molecular formula is C13H22N2O. The van der Waals surface area contributed by atoms with Gasteiger partial charge in [-0.15, -0.1) is 0 Å². The first-order valence-corrected chi connectivity index (χ1v) is 6.21. The van der Waals surface area contributed by atoms with Crippen molar-refractivity contribution in [3.8, 4) is 0 Å². The normalized spacial score (nSPS) is 16.0. The lowest BCUT2D eigenvalue weighted by molar-refractivity contribution is 0.243. The van der Waals surface area contributed by atoms with Gasteiger partial charge in [-0.25, -0.2) is 0 Å². The summed E-state index contributed by atoms with van der Waals surface area (Å²) in [6.07, 6.45) is 2.72. The van der Waals surface area contributed by atoms with Crippen LogP contribution in [0.2, 0.25) is 0 Å². The van der Waals surface area contributed by atoms with E-state index < -0.39 is 0 Å². The lowest BCUT2D eigenvalue weighted by Gasteiger charge is -2.17. The van der Waals surface area contributed by atoms with Crippen molar-refractivity contribution in [2.45, 2.75) is 45.8 Å². The maximum Gasteiger partial charge on any atom is 0.120 e. The molecule has 3 heteroatoms. The van der Waals surface area contributed by atoms with Crippen molar-refractivity contribution in [3.05, 3.63) is 23.2 Å². The summed E-state index contributed by atoms with van der Waals surface area (Å²) in [5.41, 5.74) is 1.26. The number of aryl methyl sites for hydroxylation is 1. The van der Waals surface area contributed by atoms with Crippen LogP contribution < -0.4 is 5.32 Å². The lowest BCUT2D eigenvalue weighted by atomic mass is 10.2. The van der Waals surface area contributed by atoms with Crippen LogP contribution in [0.15, 0.2) is 10.5 Å². The van der Waals surface area contributed by atoms with Gasteiger partial charge in [-0.1, -0.05) is 6.92 Å². The number of nitrogens with one attached hydrogen (secondary N) is 1. The maximum atomic E-state index is 5.86. The van der Waals surface area contributed by atoms with Gasteiger partial charge in [0, 0.05) is 6.04 Å². The average molecular weight is 222 g/mol. The molecule has 0 unspecified atom stereocenters. The zero-order valence-electron chi connectivity index (χ0n) is 10.5. The van der Waals surface area contributed by atoms with E-state index in [-0.39, 0.29) is 0 Å². The van der Waals surface area contributed by atoms with Crippen LogP contribution in [0.1, 0.15) is 36.8 Å². The number of hydrogen-bond acceptors (Lipinski definition) is 3. The van der Waals surface area contributed by atoms with E-state index in [1.165, 1.54) is 18.4 Å². The first kappa shape index (κ1) is 11.7. The Balaban J connectivity index is 2.00. The van der Waals surface area contributed by atoms with Crippen LogP contribution in [0, 0.1) is 6.92 Å². The summed E-state index contributed by atoms with van der Waals surface area (Å²) in [6, 6.07) is 2.99. The van der Waals surface area contributed by atoms with E-state index in [9.17, 15) is 0 Å². The monoisotopic (exact) mass is 222 g/mol. The minimum absolute atomic E-state index is 0.808. The fraction of sp³-hybridized carbons (Fsp3) is 0.692. The zero-order chi connectivity index (χ0) is 11.5. The molecule has 0 bridgehead atoms. The van der Waals surface area contributed by atoms with E-state index in [0.29, 0.717) is 0 Å². The smallest absolute Gasteiger partial charge is 0.120 e. The Kier molecular flexibility index (Phi) is 3.66. The molecule has 1 fully saturated rings. The van der Waals surface area contributed by atoms with Gasteiger partial charge in [-0.05, 0) is 45.0 Å². The predicted octanol–water partition coefficient (Wildman–Crippen LogP) is 2.29. The number of nitrogens with zero attached hydrogens (tertiary/aromatic N) is 1. The molecule has 0 atom stereocenters. The molecule has 1 aromatic rings. The fourth-order valence-corrected chi connectivity index (χ4v) is 2.14. The molecule has 1 aliphatic carbocycles. The summed E-state index contributed by atoms with van der Waals surface area (Å²) in [5, 5.41) is 3.13. The summed E-state index contributed by atoms with van der Waals surface area (Å²) >= 11 is 0. The maximum absolute atomic E-state index is 5.86. The summed E-state index contributed by atoms with van der Waals surface area (Å²) < 4.78 is 5.86. The largest absolute Gasteiger partial charge is 0.463 e. The minimum atomic E-state index is 0.808. The quantitative estimate of drug-likeness (QED) is 0.800. The highest BCUT2D eigenvalue weighted by Gasteiger charge is 2.28. The second kappa shape index (κ2) is 5.02. The molecule has 16 heavy (non-hydrogen) atoms. The fourth-order valence-electron chi connectivity index (χ4n) is 2.14. The van der Waals surface area contributed by atoms with E-state index in [1.807, 2.05) is 7.05 Å². The van der Waals surface area contributed by atoms with Gasteiger partial charge in [0.05, 0.1) is 13.1 Å². The Hall–Kier alpha value is -0.800. The molecule has 1 aliphatic rings. The number of hydrogen-bond donors (Lipinski definition) is 1. The molecule has 1 saturated carbocycles. The van der Waals surface area contributed by atoms with E-state index in [4.69, 9.17) is 4.42 Å². The second-order valence-electron chi connectivity index (χ2n) is 4.64. The van der Waals surface area contributed by atoms with E-state index in [1.54, 1.807) is 0 Å². The molecule has 90 valence electrons. The van der Waals surface area contributed by atoms with Gasteiger partial charge in [-0.2, -0.15) is 0 Å². The number of rotatable bonds is 6. The summed E-state index contributed by atoms with van der Waals surface area (Å²) in [4.78, 5) is 2.50. The van der Waals surface area contributed by atoms with Gasteiger partial charge in [0.25, 0.3) is 0 Å². The minimum Gasteiger partial charge on any atom is -0.463 e. The second-order valence-corrected chi connectivity index (χ2v) is 4.64. The van der Waals surface area contributed by atoms with Crippen LogP contribution in [-0.2, 0) is 13.1 Å². The molecule has 1 heterocycles. The standard InChI is InChI=1S/C13H22N2O/c1-4-15(11-5-6-11)9-12-7-10(2)13(16-12)8-14-3/h7,11,14H,4-6,8-9H2,1-3H3. The first-order valence-electron chi connectivity index (χ1n) is 6.21. The summed E-state index contributed by atoms with van der Waals surface area (Å²) in [6.45, 7) is 7.24. The molecule has 0 saturated heterocycles. The molecular weight excluding hydrogens is 200 g/mol.